The number of hydrogen-bond donors (Lipinski definition) is 2. The number of amides is 1. The lowest BCUT2D eigenvalue weighted by molar-refractivity contribution is -0.121. The molecule has 1 aliphatic rings. The molecule has 1 aromatic carbocycles. The van der Waals surface area contributed by atoms with Crippen molar-refractivity contribution in [1.29, 1.82) is 0 Å². The highest BCUT2D eigenvalue weighted by atomic mass is 16.1. The largest absolute Gasteiger partial charge is 0.353 e. The summed E-state index contributed by atoms with van der Waals surface area (Å²) < 4.78 is 0. The van der Waals surface area contributed by atoms with E-state index in [9.17, 15) is 4.79 Å². The lowest BCUT2D eigenvalue weighted by atomic mass is 10.1. The molecule has 0 aromatic heterocycles. The van der Waals surface area contributed by atoms with Gasteiger partial charge in [-0.05, 0) is 32.3 Å². The summed E-state index contributed by atoms with van der Waals surface area (Å²) in [6.45, 7) is 4.96. The van der Waals surface area contributed by atoms with Crippen molar-refractivity contribution in [3.63, 3.8) is 0 Å². The Hall–Kier alpha value is -1.35. The van der Waals surface area contributed by atoms with Crippen molar-refractivity contribution in [3.8, 4) is 0 Å². The summed E-state index contributed by atoms with van der Waals surface area (Å²) in [6, 6.07) is 9.23. The van der Waals surface area contributed by atoms with Crippen LogP contribution in [0, 0.1) is 6.92 Å². The van der Waals surface area contributed by atoms with Crippen LogP contribution in [-0.2, 0) is 4.79 Å². The van der Waals surface area contributed by atoms with Gasteiger partial charge in [0.05, 0.1) is 0 Å². The fraction of sp³-hybridized carbons (Fsp3) is 0.533. The van der Waals surface area contributed by atoms with E-state index in [1.54, 1.807) is 0 Å². The molecule has 2 N–H and O–H groups in total. The first kappa shape index (κ1) is 13.1. The Kier molecular flexibility index (Phi) is 4.37. The minimum atomic E-state index is 0.168. The molecule has 1 aromatic rings. The van der Waals surface area contributed by atoms with Crippen LogP contribution >= 0.6 is 0 Å². The third kappa shape index (κ3) is 4.15. The second kappa shape index (κ2) is 6.01. The van der Waals surface area contributed by atoms with E-state index in [2.05, 4.69) is 48.7 Å². The molecule has 3 nitrogen and oxygen atoms in total. The van der Waals surface area contributed by atoms with Crippen molar-refractivity contribution in [2.45, 2.75) is 45.2 Å². The molecule has 98 valence electrons. The average Bonchev–Trinajstić information content (AvgIpc) is 3.12. The van der Waals surface area contributed by atoms with Crippen LogP contribution in [-0.4, -0.2) is 18.5 Å². The van der Waals surface area contributed by atoms with Crippen LogP contribution in [0.5, 0.6) is 0 Å². The summed E-state index contributed by atoms with van der Waals surface area (Å²) in [6.07, 6.45) is 2.87. The molecule has 0 aliphatic heterocycles. The Morgan fingerprint density at radius 3 is 2.89 bits per heavy atom. The fourth-order valence-corrected chi connectivity index (χ4v) is 1.99. The van der Waals surface area contributed by atoms with Crippen molar-refractivity contribution < 1.29 is 4.79 Å². The van der Waals surface area contributed by atoms with Gasteiger partial charge in [-0.1, -0.05) is 29.8 Å². The summed E-state index contributed by atoms with van der Waals surface area (Å²) in [7, 11) is 0. The van der Waals surface area contributed by atoms with Crippen LogP contribution in [0.2, 0.25) is 0 Å². The van der Waals surface area contributed by atoms with Crippen LogP contribution in [0.4, 0.5) is 0 Å². The molecule has 1 saturated carbocycles. The number of rotatable bonds is 6. The van der Waals surface area contributed by atoms with Crippen molar-refractivity contribution in [1.82, 2.24) is 10.6 Å². The molecule has 0 radical (unpaired) electrons. The summed E-state index contributed by atoms with van der Waals surface area (Å²) in [4.78, 5) is 11.5. The van der Waals surface area contributed by atoms with E-state index in [4.69, 9.17) is 0 Å². The van der Waals surface area contributed by atoms with Crippen LogP contribution in [0.25, 0.3) is 0 Å². The third-order valence-corrected chi connectivity index (χ3v) is 3.29. The van der Waals surface area contributed by atoms with Gasteiger partial charge in [-0.15, -0.1) is 0 Å². The lowest BCUT2D eigenvalue weighted by Gasteiger charge is -2.14. The Morgan fingerprint density at radius 1 is 1.44 bits per heavy atom. The van der Waals surface area contributed by atoms with E-state index < -0.39 is 0 Å². The molecule has 3 heteroatoms. The maximum atomic E-state index is 11.5. The maximum Gasteiger partial charge on any atom is 0.221 e. The van der Waals surface area contributed by atoms with Crippen LogP contribution in [0.1, 0.15) is 43.4 Å². The monoisotopic (exact) mass is 246 g/mol. The summed E-state index contributed by atoms with van der Waals surface area (Å²) in [5.41, 5.74) is 2.55. The SMILES string of the molecule is Cc1cccc([C@@H](C)NCCC(=O)NC2CC2)c1. The van der Waals surface area contributed by atoms with E-state index in [1.807, 2.05) is 0 Å². The van der Waals surface area contributed by atoms with Gasteiger partial charge < -0.3 is 10.6 Å². The smallest absolute Gasteiger partial charge is 0.221 e. The Morgan fingerprint density at radius 2 is 2.22 bits per heavy atom. The summed E-state index contributed by atoms with van der Waals surface area (Å²) in [5, 5.41) is 6.39. The highest BCUT2D eigenvalue weighted by Crippen LogP contribution is 2.18. The van der Waals surface area contributed by atoms with Gasteiger partial charge in [0.2, 0.25) is 5.91 Å². The molecule has 18 heavy (non-hydrogen) atoms. The second-order valence-electron chi connectivity index (χ2n) is 5.18. The zero-order chi connectivity index (χ0) is 13.0. The Bertz CT molecular complexity index is 413. The zero-order valence-corrected chi connectivity index (χ0v) is 11.2. The van der Waals surface area contributed by atoms with Gasteiger partial charge in [-0.2, -0.15) is 0 Å². The molecule has 1 amide bonds. The van der Waals surface area contributed by atoms with Gasteiger partial charge in [0.25, 0.3) is 0 Å². The molecule has 1 fully saturated rings. The molecular formula is C15H22N2O. The predicted molar refractivity (Wildman–Crippen MR) is 73.4 cm³/mol. The quantitative estimate of drug-likeness (QED) is 0.808. The molecule has 0 saturated heterocycles. The molecular weight excluding hydrogens is 224 g/mol. The molecule has 2 rings (SSSR count). The first-order chi connectivity index (χ1) is 8.65. The normalized spacial score (nSPS) is 16.3. The minimum Gasteiger partial charge on any atom is -0.353 e. The number of nitrogens with one attached hydrogen (secondary N) is 2. The lowest BCUT2D eigenvalue weighted by Crippen LogP contribution is -2.30. The van der Waals surface area contributed by atoms with Gasteiger partial charge >= 0.3 is 0 Å². The second-order valence-corrected chi connectivity index (χ2v) is 5.18. The highest BCUT2D eigenvalue weighted by molar-refractivity contribution is 5.76. The fourth-order valence-electron chi connectivity index (χ4n) is 1.99. The van der Waals surface area contributed by atoms with Crippen LogP contribution < -0.4 is 10.6 Å². The molecule has 1 atom stereocenters. The van der Waals surface area contributed by atoms with Crippen LogP contribution in [0.15, 0.2) is 24.3 Å². The van der Waals surface area contributed by atoms with E-state index in [0.717, 1.165) is 19.4 Å². The standard InChI is InChI=1S/C15H22N2O/c1-11-4-3-5-13(10-11)12(2)16-9-8-15(18)17-14-6-7-14/h3-5,10,12,14,16H,6-9H2,1-2H3,(H,17,18)/t12-/m1/s1. The average molecular weight is 246 g/mol. The number of hydrogen-bond acceptors (Lipinski definition) is 2. The van der Waals surface area contributed by atoms with E-state index in [-0.39, 0.29) is 5.91 Å². The van der Waals surface area contributed by atoms with E-state index in [0.29, 0.717) is 18.5 Å². The van der Waals surface area contributed by atoms with Crippen molar-refractivity contribution in [2.75, 3.05) is 6.54 Å². The number of aryl methyl sites for hydroxylation is 1. The molecule has 0 unspecified atom stereocenters. The first-order valence-corrected chi connectivity index (χ1v) is 6.74. The Balaban J connectivity index is 1.70. The summed E-state index contributed by atoms with van der Waals surface area (Å²) in [5.74, 6) is 0.168. The molecule has 0 bridgehead atoms. The number of carbonyl (C=O) groups excluding carboxylic acids is 1. The van der Waals surface area contributed by atoms with E-state index >= 15 is 0 Å². The highest BCUT2D eigenvalue weighted by Gasteiger charge is 2.22. The number of carbonyl (C=O) groups is 1. The van der Waals surface area contributed by atoms with Crippen LogP contribution in [0.3, 0.4) is 0 Å². The molecule has 1 aliphatic carbocycles. The zero-order valence-electron chi connectivity index (χ0n) is 11.2. The van der Waals surface area contributed by atoms with Crippen molar-refractivity contribution >= 4 is 5.91 Å². The van der Waals surface area contributed by atoms with Gasteiger partial charge in [-0.25, -0.2) is 0 Å². The molecule has 0 spiro atoms. The maximum absolute atomic E-state index is 11.5. The summed E-state index contributed by atoms with van der Waals surface area (Å²) >= 11 is 0. The number of benzene rings is 1. The topological polar surface area (TPSA) is 41.1 Å². The van der Waals surface area contributed by atoms with Gasteiger partial charge in [0.1, 0.15) is 0 Å². The van der Waals surface area contributed by atoms with Gasteiger partial charge in [-0.3, -0.25) is 4.79 Å². The van der Waals surface area contributed by atoms with Crippen molar-refractivity contribution in [2.24, 2.45) is 0 Å². The van der Waals surface area contributed by atoms with Crippen molar-refractivity contribution in [3.05, 3.63) is 35.4 Å². The van der Waals surface area contributed by atoms with Gasteiger partial charge in [0.15, 0.2) is 0 Å². The predicted octanol–water partition coefficient (Wildman–Crippen LogP) is 2.31. The molecule has 0 heterocycles. The minimum absolute atomic E-state index is 0.168. The first-order valence-electron chi connectivity index (χ1n) is 6.74. The Labute approximate surface area is 109 Å². The van der Waals surface area contributed by atoms with Gasteiger partial charge in [0, 0.05) is 25.0 Å². The van der Waals surface area contributed by atoms with E-state index in [1.165, 1.54) is 11.1 Å². The third-order valence-electron chi connectivity index (χ3n) is 3.29.